The molecule has 7 nitrogen and oxygen atoms in total. The standard InChI is InChI=1S/C22H29FN4O3S/c1-26(17-7-3-2-4-8-17)22(28)19-15-24-25-21(19)20-9-5-6-14-27(20)31(29,30)18-12-10-16(23)11-13-18/h10-13,15,17,20H,2-9,14H2,1H3,(H,24,25)/t20-/m1/s1. The van der Waals surface area contributed by atoms with Gasteiger partial charge in [-0.3, -0.25) is 9.89 Å². The van der Waals surface area contributed by atoms with Crippen LogP contribution in [-0.4, -0.2) is 53.4 Å². The summed E-state index contributed by atoms with van der Waals surface area (Å²) in [6.45, 7) is 0.343. The smallest absolute Gasteiger partial charge is 0.257 e. The van der Waals surface area contributed by atoms with Gasteiger partial charge in [-0.15, -0.1) is 0 Å². The SMILES string of the molecule is CN(C(=O)c1cn[nH]c1[C@H]1CCCCN1S(=O)(=O)c1ccc(F)cc1)C1CCCCC1. The number of nitrogens with one attached hydrogen (secondary N) is 1. The predicted octanol–water partition coefficient (Wildman–Crippen LogP) is 3.87. The van der Waals surface area contributed by atoms with Gasteiger partial charge in [0.25, 0.3) is 5.91 Å². The van der Waals surface area contributed by atoms with E-state index in [4.69, 9.17) is 0 Å². The van der Waals surface area contributed by atoms with Gasteiger partial charge in [-0.25, -0.2) is 12.8 Å². The summed E-state index contributed by atoms with van der Waals surface area (Å²) in [6, 6.07) is 4.56. The topological polar surface area (TPSA) is 86.4 Å². The van der Waals surface area contributed by atoms with E-state index in [0.29, 0.717) is 24.2 Å². The Hall–Kier alpha value is -2.26. The number of nitrogens with zero attached hydrogens (tertiary/aromatic N) is 3. The van der Waals surface area contributed by atoms with Crippen molar-refractivity contribution in [2.45, 2.75) is 68.3 Å². The van der Waals surface area contributed by atoms with E-state index in [1.807, 2.05) is 7.05 Å². The number of piperidine rings is 1. The van der Waals surface area contributed by atoms with Gasteiger partial charge < -0.3 is 4.90 Å². The lowest BCUT2D eigenvalue weighted by molar-refractivity contribution is 0.0692. The molecule has 0 spiro atoms. The Morgan fingerprint density at radius 2 is 1.77 bits per heavy atom. The monoisotopic (exact) mass is 448 g/mol. The number of hydrogen-bond acceptors (Lipinski definition) is 4. The highest BCUT2D eigenvalue weighted by molar-refractivity contribution is 7.89. The Morgan fingerprint density at radius 3 is 2.48 bits per heavy atom. The van der Waals surface area contributed by atoms with Crippen molar-refractivity contribution >= 4 is 15.9 Å². The zero-order valence-electron chi connectivity index (χ0n) is 17.8. The van der Waals surface area contributed by atoms with Crippen LogP contribution in [0.5, 0.6) is 0 Å². The quantitative estimate of drug-likeness (QED) is 0.752. The molecule has 1 atom stereocenters. The Balaban J connectivity index is 1.63. The third kappa shape index (κ3) is 4.39. The minimum atomic E-state index is -3.84. The Bertz CT molecular complexity index is 1020. The van der Waals surface area contributed by atoms with Gasteiger partial charge in [0.2, 0.25) is 10.0 Å². The molecule has 0 unspecified atom stereocenters. The first-order valence-corrected chi connectivity index (χ1v) is 12.4. The second-order valence-electron chi connectivity index (χ2n) is 8.49. The summed E-state index contributed by atoms with van der Waals surface area (Å²) in [5.41, 5.74) is 0.970. The van der Waals surface area contributed by atoms with Crippen LogP contribution in [0, 0.1) is 5.82 Å². The number of carbonyl (C=O) groups is 1. The number of hydrogen-bond donors (Lipinski definition) is 1. The van der Waals surface area contributed by atoms with Crippen molar-refractivity contribution in [1.29, 1.82) is 0 Å². The first kappa shape index (κ1) is 22.0. The molecule has 0 bridgehead atoms. The van der Waals surface area contributed by atoms with Gasteiger partial charge in [-0.1, -0.05) is 25.7 Å². The first-order valence-electron chi connectivity index (χ1n) is 11.0. The van der Waals surface area contributed by atoms with Gasteiger partial charge in [0.15, 0.2) is 0 Å². The lowest BCUT2D eigenvalue weighted by Crippen LogP contribution is -2.41. The zero-order valence-corrected chi connectivity index (χ0v) is 18.6. The minimum absolute atomic E-state index is 0.0486. The summed E-state index contributed by atoms with van der Waals surface area (Å²) in [5.74, 6) is -0.610. The van der Waals surface area contributed by atoms with Crippen molar-refractivity contribution in [1.82, 2.24) is 19.4 Å². The van der Waals surface area contributed by atoms with Gasteiger partial charge in [0.05, 0.1) is 28.4 Å². The van der Waals surface area contributed by atoms with Crippen molar-refractivity contribution in [3.8, 4) is 0 Å². The number of halogens is 1. The average Bonchev–Trinajstić information content (AvgIpc) is 3.29. The molecule has 2 fully saturated rings. The fourth-order valence-electron chi connectivity index (χ4n) is 4.77. The highest BCUT2D eigenvalue weighted by Gasteiger charge is 2.38. The van der Waals surface area contributed by atoms with Crippen molar-refractivity contribution < 1.29 is 17.6 Å². The van der Waals surface area contributed by atoms with E-state index in [1.54, 1.807) is 4.90 Å². The molecule has 4 rings (SSSR count). The van der Waals surface area contributed by atoms with E-state index in [1.165, 1.54) is 29.1 Å². The molecule has 1 aliphatic heterocycles. The highest BCUT2D eigenvalue weighted by Crippen LogP contribution is 2.36. The maximum Gasteiger partial charge on any atom is 0.257 e. The van der Waals surface area contributed by atoms with Gasteiger partial charge in [-0.05, 0) is 49.9 Å². The maximum atomic E-state index is 13.3. The van der Waals surface area contributed by atoms with Crippen LogP contribution in [-0.2, 0) is 10.0 Å². The molecule has 2 aromatic rings. The molecule has 1 amide bonds. The molecule has 9 heteroatoms. The number of aromatic amines is 1. The zero-order chi connectivity index (χ0) is 22.0. The molecule has 1 aromatic heterocycles. The normalized spacial score (nSPS) is 21.2. The lowest BCUT2D eigenvalue weighted by Gasteiger charge is -2.35. The van der Waals surface area contributed by atoms with Crippen LogP contribution in [0.15, 0.2) is 35.4 Å². The third-order valence-electron chi connectivity index (χ3n) is 6.55. The minimum Gasteiger partial charge on any atom is -0.339 e. The summed E-state index contributed by atoms with van der Waals surface area (Å²) in [5, 5.41) is 7.02. The maximum absolute atomic E-state index is 13.3. The average molecular weight is 449 g/mol. The summed E-state index contributed by atoms with van der Waals surface area (Å²) in [4.78, 5) is 15.1. The van der Waals surface area contributed by atoms with Crippen LogP contribution >= 0.6 is 0 Å². The van der Waals surface area contributed by atoms with E-state index >= 15 is 0 Å². The molecule has 1 N–H and O–H groups in total. The Labute approximate surface area is 182 Å². The molecule has 2 aliphatic rings. The molecule has 0 radical (unpaired) electrons. The first-order chi connectivity index (χ1) is 14.9. The van der Waals surface area contributed by atoms with Crippen LogP contribution in [0.3, 0.4) is 0 Å². The van der Waals surface area contributed by atoms with Gasteiger partial charge in [0.1, 0.15) is 5.82 Å². The van der Waals surface area contributed by atoms with Gasteiger partial charge >= 0.3 is 0 Å². The number of carbonyl (C=O) groups excluding carboxylic acids is 1. The Kier molecular flexibility index (Phi) is 6.43. The molecule has 1 aliphatic carbocycles. The number of rotatable bonds is 5. The van der Waals surface area contributed by atoms with E-state index in [9.17, 15) is 17.6 Å². The molecule has 1 aromatic carbocycles. The molecule has 168 valence electrons. The fourth-order valence-corrected chi connectivity index (χ4v) is 6.43. The molecule has 31 heavy (non-hydrogen) atoms. The van der Waals surface area contributed by atoms with Gasteiger partial charge in [0, 0.05) is 19.6 Å². The van der Waals surface area contributed by atoms with Crippen LogP contribution < -0.4 is 0 Å². The van der Waals surface area contributed by atoms with Crippen molar-refractivity contribution in [2.75, 3.05) is 13.6 Å². The number of H-pyrrole nitrogens is 1. The second-order valence-corrected chi connectivity index (χ2v) is 10.4. The summed E-state index contributed by atoms with van der Waals surface area (Å²) in [7, 11) is -2.02. The predicted molar refractivity (Wildman–Crippen MR) is 114 cm³/mol. The largest absolute Gasteiger partial charge is 0.339 e. The van der Waals surface area contributed by atoms with Crippen molar-refractivity contribution in [3.05, 3.63) is 47.5 Å². The van der Waals surface area contributed by atoms with E-state index in [0.717, 1.165) is 50.7 Å². The molecule has 1 saturated carbocycles. The molecular formula is C22H29FN4O3S. The van der Waals surface area contributed by atoms with Crippen LogP contribution in [0.25, 0.3) is 0 Å². The number of benzene rings is 1. The van der Waals surface area contributed by atoms with E-state index in [-0.39, 0.29) is 16.8 Å². The van der Waals surface area contributed by atoms with Crippen molar-refractivity contribution in [2.24, 2.45) is 0 Å². The van der Waals surface area contributed by atoms with E-state index < -0.39 is 21.9 Å². The molecule has 1 saturated heterocycles. The van der Waals surface area contributed by atoms with Crippen LogP contribution in [0.2, 0.25) is 0 Å². The van der Waals surface area contributed by atoms with Crippen LogP contribution in [0.4, 0.5) is 4.39 Å². The molecule has 2 heterocycles. The summed E-state index contributed by atoms with van der Waals surface area (Å²) < 4.78 is 41.4. The lowest BCUT2D eigenvalue weighted by atomic mass is 9.93. The third-order valence-corrected chi connectivity index (χ3v) is 8.47. The fraction of sp³-hybridized carbons (Fsp3) is 0.545. The van der Waals surface area contributed by atoms with Crippen molar-refractivity contribution in [3.63, 3.8) is 0 Å². The summed E-state index contributed by atoms with van der Waals surface area (Å²) >= 11 is 0. The molecular weight excluding hydrogens is 419 g/mol. The highest BCUT2D eigenvalue weighted by atomic mass is 32.2. The number of amides is 1. The second kappa shape index (κ2) is 9.08. The number of aromatic nitrogens is 2. The van der Waals surface area contributed by atoms with Crippen LogP contribution in [0.1, 0.15) is 73.5 Å². The van der Waals surface area contributed by atoms with E-state index in [2.05, 4.69) is 10.2 Å². The van der Waals surface area contributed by atoms with Gasteiger partial charge in [-0.2, -0.15) is 9.40 Å². The summed E-state index contributed by atoms with van der Waals surface area (Å²) in [6.07, 6.45) is 9.10. The number of sulfonamides is 1. The Morgan fingerprint density at radius 1 is 1.10 bits per heavy atom.